The molecule has 0 aliphatic carbocycles. The second-order valence-corrected chi connectivity index (χ2v) is 4.31. The molecule has 0 aliphatic rings. The maximum atomic E-state index is 12.9. The van der Waals surface area contributed by atoms with Gasteiger partial charge in [-0.15, -0.1) is 0 Å². The van der Waals surface area contributed by atoms with E-state index < -0.39 is 23.5 Å². The third kappa shape index (κ3) is 4.73. The molecule has 7 heteroatoms. The molecular weight excluding hydrogens is 273 g/mol. The molecule has 0 bridgehead atoms. The van der Waals surface area contributed by atoms with Crippen molar-refractivity contribution in [1.29, 1.82) is 0 Å². The Labute approximate surface area is 115 Å². The van der Waals surface area contributed by atoms with E-state index in [1.807, 2.05) is 6.92 Å². The van der Waals surface area contributed by atoms with E-state index in [0.717, 1.165) is 12.1 Å². The van der Waals surface area contributed by atoms with E-state index in [1.54, 1.807) is 0 Å². The molecule has 0 fully saturated rings. The highest BCUT2D eigenvalue weighted by Crippen LogP contribution is 2.13. The minimum absolute atomic E-state index is 0.137. The molecule has 0 saturated heterocycles. The van der Waals surface area contributed by atoms with E-state index >= 15 is 0 Å². The zero-order valence-corrected chi connectivity index (χ0v) is 11.0. The van der Waals surface area contributed by atoms with E-state index in [-0.39, 0.29) is 31.2 Å². The van der Waals surface area contributed by atoms with Gasteiger partial charge in [-0.05, 0) is 30.5 Å². The van der Waals surface area contributed by atoms with E-state index in [2.05, 4.69) is 10.6 Å². The van der Waals surface area contributed by atoms with Gasteiger partial charge in [0.15, 0.2) is 17.5 Å². The van der Waals surface area contributed by atoms with Gasteiger partial charge in [0.1, 0.15) is 0 Å². The molecule has 1 atom stereocenters. The summed E-state index contributed by atoms with van der Waals surface area (Å²) in [6.45, 7) is 1.78. The van der Waals surface area contributed by atoms with Crippen LogP contribution in [0.4, 0.5) is 18.0 Å². The van der Waals surface area contributed by atoms with Crippen LogP contribution in [0.3, 0.4) is 0 Å². The highest BCUT2D eigenvalue weighted by molar-refractivity contribution is 5.74. The number of nitrogens with one attached hydrogen (secondary N) is 2. The number of urea groups is 1. The van der Waals surface area contributed by atoms with Crippen molar-refractivity contribution in [3.63, 3.8) is 0 Å². The van der Waals surface area contributed by atoms with Crippen LogP contribution in [0.1, 0.15) is 18.9 Å². The topological polar surface area (TPSA) is 61.4 Å². The number of amides is 2. The molecule has 2 amide bonds. The third-order valence-electron chi connectivity index (χ3n) is 2.79. The lowest BCUT2D eigenvalue weighted by Crippen LogP contribution is -2.44. The predicted octanol–water partition coefficient (Wildman–Crippen LogP) is 1.72. The highest BCUT2D eigenvalue weighted by atomic mass is 19.2. The van der Waals surface area contributed by atoms with E-state index in [9.17, 15) is 18.0 Å². The lowest BCUT2D eigenvalue weighted by Gasteiger charge is -2.14. The Morgan fingerprint density at radius 3 is 2.40 bits per heavy atom. The van der Waals surface area contributed by atoms with Crippen molar-refractivity contribution in [2.45, 2.75) is 25.8 Å². The van der Waals surface area contributed by atoms with Gasteiger partial charge in [0.05, 0.1) is 12.6 Å². The van der Waals surface area contributed by atoms with Crippen molar-refractivity contribution < 1.29 is 23.1 Å². The Morgan fingerprint density at radius 1 is 1.30 bits per heavy atom. The molecule has 0 saturated carbocycles. The first-order valence-corrected chi connectivity index (χ1v) is 6.26. The summed E-state index contributed by atoms with van der Waals surface area (Å²) in [5.41, 5.74) is 0.246. The Balaban J connectivity index is 2.43. The van der Waals surface area contributed by atoms with Crippen LogP contribution in [0.2, 0.25) is 0 Å². The standard InChI is InChI=1S/C13H17F3N2O2/c1-2-9(7-19)18-13(20)17-4-3-8-5-10(14)12(16)11(15)6-8/h5-6,9,19H,2-4,7H2,1H3,(H2,17,18,20)/t9-/m1/s1. The molecule has 0 spiro atoms. The fourth-order valence-electron chi connectivity index (χ4n) is 1.59. The highest BCUT2D eigenvalue weighted by Gasteiger charge is 2.11. The van der Waals surface area contributed by atoms with Gasteiger partial charge >= 0.3 is 6.03 Å². The fraction of sp³-hybridized carbons (Fsp3) is 0.462. The minimum atomic E-state index is -1.51. The van der Waals surface area contributed by atoms with Gasteiger partial charge in [-0.2, -0.15) is 0 Å². The van der Waals surface area contributed by atoms with Gasteiger partial charge in [0, 0.05) is 6.54 Å². The van der Waals surface area contributed by atoms with Gasteiger partial charge in [-0.25, -0.2) is 18.0 Å². The Hall–Kier alpha value is -1.76. The largest absolute Gasteiger partial charge is 0.394 e. The number of aliphatic hydroxyl groups is 1. The number of carbonyl (C=O) groups is 1. The smallest absolute Gasteiger partial charge is 0.315 e. The summed E-state index contributed by atoms with van der Waals surface area (Å²) >= 11 is 0. The molecule has 1 rings (SSSR count). The van der Waals surface area contributed by atoms with Crippen molar-refractivity contribution in [2.24, 2.45) is 0 Å². The van der Waals surface area contributed by atoms with Crippen molar-refractivity contribution in [3.05, 3.63) is 35.1 Å². The number of rotatable bonds is 6. The molecule has 1 aromatic rings. The summed E-state index contributed by atoms with van der Waals surface area (Å²) < 4.78 is 38.6. The van der Waals surface area contributed by atoms with Crippen LogP contribution in [0, 0.1) is 17.5 Å². The van der Waals surface area contributed by atoms with Crippen LogP contribution in [0.15, 0.2) is 12.1 Å². The lowest BCUT2D eigenvalue weighted by atomic mass is 10.1. The van der Waals surface area contributed by atoms with Crippen molar-refractivity contribution in [3.8, 4) is 0 Å². The first-order valence-electron chi connectivity index (χ1n) is 6.26. The average Bonchev–Trinajstić information content (AvgIpc) is 2.42. The van der Waals surface area contributed by atoms with Crippen LogP contribution in [-0.2, 0) is 6.42 Å². The SMILES string of the molecule is CC[C@H](CO)NC(=O)NCCc1cc(F)c(F)c(F)c1. The molecule has 0 heterocycles. The maximum Gasteiger partial charge on any atom is 0.315 e. The number of hydrogen-bond acceptors (Lipinski definition) is 2. The predicted molar refractivity (Wildman–Crippen MR) is 67.7 cm³/mol. The minimum Gasteiger partial charge on any atom is -0.394 e. The average molecular weight is 290 g/mol. The first kappa shape index (κ1) is 16.3. The van der Waals surface area contributed by atoms with Crippen LogP contribution in [0.25, 0.3) is 0 Å². The second-order valence-electron chi connectivity index (χ2n) is 4.31. The fourth-order valence-corrected chi connectivity index (χ4v) is 1.59. The summed E-state index contributed by atoms with van der Waals surface area (Å²) in [5, 5.41) is 13.9. The molecule has 0 unspecified atom stereocenters. The molecule has 0 aromatic heterocycles. The number of carbonyl (C=O) groups excluding carboxylic acids is 1. The van der Waals surface area contributed by atoms with Crippen LogP contribution >= 0.6 is 0 Å². The van der Waals surface area contributed by atoms with Crippen LogP contribution in [0.5, 0.6) is 0 Å². The van der Waals surface area contributed by atoms with Gasteiger partial charge in [-0.3, -0.25) is 0 Å². The van der Waals surface area contributed by atoms with Crippen molar-refractivity contribution in [1.82, 2.24) is 10.6 Å². The van der Waals surface area contributed by atoms with Crippen LogP contribution in [-0.4, -0.2) is 30.3 Å². The number of halogens is 3. The zero-order valence-electron chi connectivity index (χ0n) is 11.0. The van der Waals surface area contributed by atoms with Crippen molar-refractivity contribution in [2.75, 3.05) is 13.2 Å². The van der Waals surface area contributed by atoms with E-state index in [4.69, 9.17) is 5.11 Å². The lowest BCUT2D eigenvalue weighted by molar-refractivity contribution is 0.214. The summed E-state index contributed by atoms with van der Waals surface area (Å²) in [6, 6.07) is 0.964. The molecule has 0 aliphatic heterocycles. The molecule has 20 heavy (non-hydrogen) atoms. The zero-order chi connectivity index (χ0) is 15.1. The summed E-state index contributed by atoms with van der Waals surface area (Å²) in [5.74, 6) is -4.01. The summed E-state index contributed by atoms with van der Waals surface area (Å²) in [6.07, 6.45) is 0.746. The summed E-state index contributed by atoms with van der Waals surface area (Å²) in [4.78, 5) is 11.4. The summed E-state index contributed by atoms with van der Waals surface area (Å²) in [7, 11) is 0. The van der Waals surface area contributed by atoms with Crippen LogP contribution < -0.4 is 10.6 Å². The molecule has 3 N–H and O–H groups in total. The monoisotopic (exact) mass is 290 g/mol. The Bertz CT molecular complexity index is 442. The number of benzene rings is 1. The first-order chi connectivity index (χ1) is 9.47. The molecule has 4 nitrogen and oxygen atoms in total. The van der Waals surface area contributed by atoms with Gasteiger partial charge in [0.25, 0.3) is 0 Å². The molecule has 0 radical (unpaired) electrons. The number of aliphatic hydroxyl groups excluding tert-OH is 1. The molecule has 112 valence electrons. The normalized spacial score (nSPS) is 12.1. The maximum absolute atomic E-state index is 12.9. The Morgan fingerprint density at radius 2 is 1.90 bits per heavy atom. The van der Waals surface area contributed by atoms with E-state index in [0.29, 0.717) is 6.42 Å². The van der Waals surface area contributed by atoms with Gasteiger partial charge < -0.3 is 15.7 Å². The van der Waals surface area contributed by atoms with E-state index in [1.165, 1.54) is 0 Å². The van der Waals surface area contributed by atoms with Gasteiger partial charge in [-0.1, -0.05) is 6.92 Å². The third-order valence-corrected chi connectivity index (χ3v) is 2.79. The Kier molecular flexibility index (Phi) is 6.30. The second kappa shape index (κ2) is 7.74. The van der Waals surface area contributed by atoms with Gasteiger partial charge in [0.2, 0.25) is 0 Å². The number of hydrogen-bond donors (Lipinski definition) is 3. The molecule has 1 aromatic carbocycles. The molecular formula is C13H17F3N2O2. The quantitative estimate of drug-likeness (QED) is 0.699. The van der Waals surface area contributed by atoms with Crippen molar-refractivity contribution >= 4 is 6.03 Å².